The van der Waals surface area contributed by atoms with E-state index in [9.17, 15) is 12.8 Å². The third-order valence-corrected chi connectivity index (χ3v) is 4.12. The summed E-state index contributed by atoms with van der Waals surface area (Å²) in [6.45, 7) is 0. The first kappa shape index (κ1) is 12.6. The normalized spacial score (nSPS) is 11.7. The maximum absolute atomic E-state index is 13.1. The smallest absolute Gasteiger partial charge is 0.186 e. The fraction of sp³-hybridized carbons (Fsp3) is 0.182. The molecule has 1 aromatic carbocycles. The molecule has 7 heteroatoms. The van der Waals surface area contributed by atoms with Crippen LogP contribution in [0.3, 0.4) is 0 Å². The maximum atomic E-state index is 13.1. The summed E-state index contributed by atoms with van der Waals surface area (Å²) in [6.07, 6.45) is 1.64. The predicted molar refractivity (Wildman–Crippen MR) is 64.9 cm³/mol. The highest BCUT2D eigenvalue weighted by atomic mass is 32.2. The van der Waals surface area contributed by atoms with Crippen LogP contribution in [0.25, 0.3) is 0 Å². The predicted octanol–water partition coefficient (Wildman–Crippen LogP) is 1.12. The lowest BCUT2D eigenvalue weighted by molar-refractivity contribution is 0.589. The first-order chi connectivity index (χ1) is 8.38. The van der Waals surface area contributed by atoms with Gasteiger partial charge in [0.25, 0.3) is 0 Å². The Morgan fingerprint density at radius 2 is 2.11 bits per heavy atom. The zero-order valence-electron chi connectivity index (χ0n) is 9.67. The van der Waals surface area contributed by atoms with E-state index in [0.29, 0.717) is 5.69 Å². The molecule has 1 aromatic heterocycles. The molecule has 0 unspecified atom stereocenters. The molecule has 0 saturated heterocycles. The summed E-state index contributed by atoms with van der Waals surface area (Å²) in [5.41, 5.74) is 5.99. The van der Waals surface area contributed by atoms with Gasteiger partial charge in [-0.3, -0.25) is 4.68 Å². The number of aryl methyl sites for hydroxylation is 1. The summed E-state index contributed by atoms with van der Waals surface area (Å²) in [7, 11) is -2.01. The van der Waals surface area contributed by atoms with E-state index in [1.807, 2.05) is 0 Å². The van der Waals surface area contributed by atoms with E-state index in [-0.39, 0.29) is 16.3 Å². The first-order valence-corrected chi connectivity index (χ1v) is 6.80. The molecule has 0 radical (unpaired) electrons. The third kappa shape index (κ3) is 2.51. The van der Waals surface area contributed by atoms with Crippen LogP contribution in [0.1, 0.15) is 5.69 Å². The number of nitrogens with zero attached hydrogens (tertiary/aromatic N) is 2. The average Bonchev–Trinajstić information content (AvgIpc) is 2.66. The van der Waals surface area contributed by atoms with Crippen LogP contribution in [0.4, 0.5) is 10.1 Å². The molecule has 0 fully saturated rings. The number of benzene rings is 1. The molecule has 0 aliphatic carbocycles. The van der Waals surface area contributed by atoms with E-state index in [1.165, 1.54) is 10.7 Å². The van der Waals surface area contributed by atoms with Gasteiger partial charge in [-0.25, -0.2) is 12.8 Å². The van der Waals surface area contributed by atoms with Gasteiger partial charge in [-0.2, -0.15) is 5.10 Å². The summed E-state index contributed by atoms with van der Waals surface area (Å²) in [5, 5.41) is 3.98. The topological polar surface area (TPSA) is 78.0 Å². The van der Waals surface area contributed by atoms with Crippen LogP contribution in [0.15, 0.2) is 35.4 Å². The Bertz CT molecular complexity index is 679. The lowest BCUT2D eigenvalue weighted by atomic mass is 10.3. The Hall–Kier alpha value is -1.89. The van der Waals surface area contributed by atoms with Gasteiger partial charge >= 0.3 is 0 Å². The highest BCUT2D eigenvalue weighted by molar-refractivity contribution is 7.90. The summed E-state index contributed by atoms with van der Waals surface area (Å²) in [6, 6.07) is 4.87. The number of hydrogen-bond donors (Lipinski definition) is 1. The Morgan fingerprint density at radius 1 is 1.39 bits per heavy atom. The van der Waals surface area contributed by atoms with Gasteiger partial charge in [-0.05, 0) is 24.3 Å². The molecule has 0 spiro atoms. The van der Waals surface area contributed by atoms with Crippen molar-refractivity contribution in [1.29, 1.82) is 0 Å². The maximum Gasteiger partial charge on any atom is 0.186 e. The molecule has 2 aromatic rings. The quantitative estimate of drug-likeness (QED) is 0.847. The second-order valence-electron chi connectivity index (χ2n) is 3.92. The van der Waals surface area contributed by atoms with E-state index in [0.717, 1.165) is 12.1 Å². The van der Waals surface area contributed by atoms with Crippen LogP contribution in [-0.4, -0.2) is 18.2 Å². The van der Waals surface area contributed by atoms with Gasteiger partial charge in [0.15, 0.2) is 9.84 Å². The minimum Gasteiger partial charge on any atom is -0.398 e. The fourth-order valence-electron chi connectivity index (χ4n) is 1.59. The molecule has 96 valence electrons. The van der Waals surface area contributed by atoms with Gasteiger partial charge in [0, 0.05) is 13.2 Å². The standard InChI is InChI=1S/C11H12FN3O2S/c1-15-5-4-9(14-15)7-18(16,17)11-6-8(12)2-3-10(11)13/h2-6H,7,13H2,1H3. The molecule has 0 aliphatic heterocycles. The van der Waals surface area contributed by atoms with Crippen LogP contribution in [0, 0.1) is 5.82 Å². The zero-order chi connectivity index (χ0) is 13.3. The molecule has 2 rings (SSSR count). The number of sulfone groups is 1. The molecule has 18 heavy (non-hydrogen) atoms. The highest BCUT2D eigenvalue weighted by Crippen LogP contribution is 2.22. The average molecular weight is 269 g/mol. The van der Waals surface area contributed by atoms with Crippen LogP contribution >= 0.6 is 0 Å². The SMILES string of the molecule is Cn1ccc(CS(=O)(=O)c2cc(F)ccc2N)n1. The Kier molecular flexibility index (Phi) is 3.08. The van der Waals surface area contributed by atoms with E-state index < -0.39 is 15.7 Å². The minimum absolute atomic E-state index is 0.0346. The van der Waals surface area contributed by atoms with Crippen molar-refractivity contribution in [2.24, 2.45) is 7.05 Å². The molecule has 2 N–H and O–H groups in total. The van der Waals surface area contributed by atoms with Crippen LogP contribution in [0.5, 0.6) is 0 Å². The Balaban J connectivity index is 2.39. The van der Waals surface area contributed by atoms with E-state index in [2.05, 4.69) is 5.10 Å². The second kappa shape index (κ2) is 4.41. The number of anilines is 1. The van der Waals surface area contributed by atoms with Gasteiger partial charge in [0.2, 0.25) is 0 Å². The van der Waals surface area contributed by atoms with Gasteiger partial charge in [0.05, 0.1) is 22.0 Å². The van der Waals surface area contributed by atoms with Crippen molar-refractivity contribution in [1.82, 2.24) is 9.78 Å². The van der Waals surface area contributed by atoms with Gasteiger partial charge in [-0.15, -0.1) is 0 Å². The van der Waals surface area contributed by atoms with Crippen LogP contribution in [0.2, 0.25) is 0 Å². The Morgan fingerprint density at radius 3 is 2.72 bits per heavy atom. The molecule has 0 amide bonds. The second-order valence-corrected chi connectivity index (χ2v) is 5.88. The Labute approximate surface area is 104 Å². The molecule has 0 atom stereocenters. The third-order valence-electron chi connectivity index (χ3n) is 2.42. The summed E-state index contributed by atoms with van der Waals surface area (Å²) >= 11 is 0. The number of halogens is 1. The number of rotatable bonds is 3. The summed E-state index contributed by atoms with van der Waals surface area (Å²) in [5.74, 6) is -0.939. The minimum atomic E-state index is -3.69. The van der Waals surface area contributed by atoms with Gasteiger partial charge in [0.1, 0.15) is 5.82 Å². The lowest BCUT2D eigenvalue weighted by Gasteiger charge is -2.06. The van der Waals surface area contributed by atoms with Gasteiger partial charge in [-0.1, -0.05) is 0 Å². The summed E-state index contributed by atoms with van der Waals surface area (Å²) in [4.78, 5) is -0.201. The lowest BCUT2D eigenvalue weighted by Crippen LogP contribution is -2.09. The molecule has 0 saturated carbocycles. The molecule has 0 bridgehead atoms. The zero-order valence-corrected chi connectivity index (χ0v) is 10.5. The van der Waals surface area contributed by atoms with E-state index in [4.69, 9.17) is 5.73 Å². The number of nitrogens with two attached hydrogens (primary N) is 1. The first-order valence-electron chi connectivity index (χ1n) is 5.15. The molecular weight excluding hydrogens is 257 g/mol. The number of hydrogen-bond acceptors (Lipinski definition) is 4. The van der Waals surface area contributed by atoms with Gasteiger partial charge < -0.3 is 5.73 Å². The van der Waals surface area contributed by atoms with Crippen molar-refractivity contribution in [3.63, 3.8) is 0 Å². The number of aromatic nitrogens is 2. The molecular formula is C11H12FN3O2S. The highest BCUT2D eigenvalue weighted by Gasteiger charge is 2.20. The van der Waals surface area contributed by atoms with Crippen LogP contribution < -0.4 is 5.73 Å². The molecule has 1 heterocycles. The largest absolute Gasteiger partial charge is 0.398 e. The van der Waals surface area contributed by atoms with E-state index in [1.54, 1.807) is 19.3 Å². The molecule has 0 aliphatic rings. The van der Waals surface area contributed by atoms with Crippen molar-refractivity contribution < 1.29 is 12.8 Å². The number of nitrogen functional groups attached to an aromatic ring is 1. The monoisotopic (exact) mass is 269 g/mol. The summed E-state index contributed by atoms with van der Waals surface area (Å²) < 4.78 is 38.8. The van der Waals surface area contributed by atoms with Crippen molar-refractivity contribution in [2.45, 2.75) is 10.6 Å². The fourth-order valence-corrected chi connectivity index (χ4v) is 3.01. The van der Waals surface area contributed by atoms with Crippen LogP contribution in [-0.2, 0) is 22.6 Å². The van der Waals surface area contributed by atoms with Crippen molar-refractivity contribution >= 4 is 15.5 Å². The van der Waals surface area contributed by atoms with Crippen molar-refractivity contribution in [3.8, 4) is 0 Å². The molecule has 5 nitrogen and oxygen atoms in total. The van der Waals surface area contributed by atoms with E-state index >= 15 is 0 Å². The van der Waals surface area contributed by atoms with Crippen molar-refractivity contribution in [3.05, 3.63) is 42.0 Å². The van der Waals surface area contributed by atoms with Crippen molar-refractivity contribution in [2.75, 3.05) is 5.73 Å².